The minimum atomic E-state index is -0.789. The molecule has 5 heteroatoms. The average molecular weight is 344 g/mol. The second-order valence-electron chi connectivity index (χ2n) is 6.39. The van der Waals surface area contributed by atoms with Crippen LogP contribution in [0.3, 0.4) is 0 Å². The van der Waals surface area contributed by atoms with Crippen molar-refractivity contribution in [1.82, 2.24) is 5.32 Å². The van der Waals surface area contributed by atoms with E-state index >= 15 is 0 Å². The molecule has 2 atom stereocenters. The zero-order chi connectivity index (χ0) is 18.4. The highest BCUT2D eigenvalue weighted by atomic mass is 16.5. The summed E-state index contributed by atoms with van der Waals surface area (Å²) < 4.78 is 5.11. The Balaban J connectivity index is 2.18. The van der Waals surface area contributed by atoms with Crippen LogP contribution in [0.2, 0.25) is 0 Å². The highest BCUT2D eigenvalue weighted by molar-refractivity contribution is 5.99. The number of ether oxygens (including phenoxy) is 1. The average Bonchev–Trinajstić information content (AvgIpc) is 2.95. The van der Waals surface area contributed by atoms with Crippen molar-refractivity contribution in [3.8, 4) is 0 Å². The van der Waals surface area contributed by atoms with E-state index in [9.17, 15) is 9.59 Å². The number of amides is 1. The summed E-state index contributed by atoms with van der Waals surface area (Å²) in [7, 11) is 0. The summed E-state index contributed by atoms with van der Waals surface area (Å²) in [5.41, 5.74) is 3.25. The lowest BCUT2D eigenvalue weighted by molar-refractivity contribution is -0.151. The van der Waals surface area contributed by atoms with Gasteiger partial charge in [0.25, 0.3) is 5.91 Å². The predicted octanol–water partition coefficient (Wildman–Crippen LogP) is 3.19. The third-order valence-corrected chi connectivity index (χ3v) is 4.43. The van der Waals surface area contributed by atoms with E-state index in [1.807, 2.05) is 25.1 Å². The molecule has 1 aliphatic heterocycles. The van der Waals surface area contributed by atoms with Gasteiger partial charge < -0.3 is 15.0 Å². The van der Waals surface area contributed by atoms with Crippen molar-refractivity contribution in [1.29, 1.82) is 0 Å². The largest absolute Gasteiger partial charge is 0.453 e. The van der Waals surface area contributed by atoms with E-state index in [1.54, 1.807) is 11.8 Å². The Kier molecular flexibility index (Phi) is 6.62. The van der Waals surface area contributed by atoms with Crippen molar-refractivity contribution in [3.63, 3.8) is 0 Å². The molecule has 0 saturated heterocycles. The molecule has 0 bridgehead atoms. The van der Waals surface area contributed by atoms with Crippen LogP contribution in [0.4, 0.5) is 5.69 Å². The quantitative estimate of drug-likeness (QED) is 0.772. The number of rotatable bonds is 7. The molecule has 1 aromatic carbocycles. The molecule has 2 unspecified atom stereocenters. The van der Waals surface area contributed by atoms with Gasteiger partial charge in [-0.15, -0.1) is 0 Å². The van der Waals surface area contributed by atoms with Gasteiger partial charge in [0.1, 0.15) is 0 Å². The number of anilines is 1. The third-order valence-electron chi connectivity index (χ3n) is 4.43. The Morgan fingerprint density at radius 1 is 1.40 bits per heavy atom. The van der Waals surface area contributed by atoms with E-state index < -0.39 is 12.1 Å². The number of benzene rings is 1. The fraction of sp³-hybridized carbons (Fsp3) is 0.500. The zero-order valence-corrected chi connectivity index (χ0v) is 15.5. The topological polar surface area (TPSA) is 58.6 Å². The number of fused-ring (bicyclic) bond motifs is 1. The molecule has 0 radical (unpaired) electrons. The Hall–Kier alpha value is -2.30. The van der Waals surface area contributed by atoms with Gasteiger partial charge in [-0.3, -0.25) is 9.59 Å². The summed E-state index contributed by atoms with van der Waals surface area (Å²) in [5, 5.41) is 3.47. The maximum absolute atomic E-state index is 12.9. The van der Waals surface area contributed by atoms with E-state index in [1.165, 1.54) is 12.6 Å². The van der Waals surface area contributed by atoms with Crippen LogP contribution in [-0.2, 0) is 20.7 Å². The molecule has 136 valence electrons. The molecular weight excluding hydrogens is 316 g/mol. The minimum absolute atomic E-state index is 0.00899. The maximum atomic E-state index is 12.9. The second-order valence-corrected chi connectivity index (χ2v) is 6.39. The SMILES string of the molecule is C/C=C(/CCC)NCC1Cc2ccccc2N1C(=O)C(C)OC(C)=O. The van der Waals surface area contributed by atoms with E-state index in [0.29, 0.717) is 6.54 Å². The Morgan fingerprint density at radius 3 is 2.76 bits per heavy atom. The molecule has 0 spiro atoms. The van der Waals surface area contributed by atoms with Gasteiger partial charge in [0.15, 0.2) is 6.10 Å². The van der Waals surface area contributed by atoms with Crippen LogP contribution in [0.1, 0.15) is 46.1 Å². The molecule has 0 aliphatic carbocycles. The highest BCUT2D eigenvalue weighted by Crippen LogP contribution is 2.32. The van der Waals surface area contributed by atoms with Crippen molar-refractivity contribution in [2.75, 3.05) is 11.4 Å². The van der Waals surface area contributed by atoms with E-state index in [-0.39, 0.29) is 11.9 Å². The normalized spacial score (nSPS) is 17.8. The number of nitrogens with one attached hydrogen (secondary N) is 1. The molecule has 1 heterocycles. The Morgan fingerprint density at radius 2 is 2.12 bits per heavy atom. The number of nitrogens with zero attached hydrogens (tertiary/aromatic N) is 1. The second kappa shape index (κ2) is 8.70. The van der Waals surface area contributed by atoms with E-state index in [0.717, 1.165) is 30.5 Å². The maximum Gasteiger partial charge on any atom is 0.303 e. The number of allylic oxidation sites excluding steroid dienone is 2. The van der Waals surface area contributed by atoms with Crippen molar-refractivity contribution >= 4 is 17.6 Å². The van der Waals surface area contributed by atoms with Crippen LogP contribution in [0.25, 0.3) is 0 Å². The molecule has 0 fully saturated rings. The van der Waals surface area contributed by atoms with Crippen LogP contribution in [0.15, 0.2) is 36.0 Å². The number of hydrogen-bond donors (Lipinski definition) is 1. The standard InChI is InChI=1S/C20H28N2O3/c1-5-9-17(6-2)21-13-18-12-16-10-7-8-11-19(16)22(18)20(24)14(3)25-15(4)23/h6-8,10-11,14,18,21H,5,9,12-13H2,1-4H3/b17-6-. The van der Waals surface area contributed by atoms with E-state index in [4.69, 9.17) is 4.74 Å². The first-order valence-corrected chi connectivity index (χ1v) is 8.95. The van der Waals surface area contributed by atoms with Crippen LogP contribution >= 0.6 is 0 Å². The molecule has 1 N–H and O–H groups in total. The van der Waals surface area contributed by atoms with Crippen LogP contribution < -0.4 is 10.2 Å². The first-order valence-electron chi connectivity index (χ1n) is 8.95. The van der Waals surface area contributed by atoms with Crippen LogP contribution in [-0.4, -0.2) is 30.6 Å². The summed E-state index contributed by atoms with van der Waals surface area (Å²) in [5.74, 6) is -0.619. The van der Waals surface area contributed by atoms with Crippen LogP contribution in [0.5, 0.6) is 0 Å². The first kappa shape index (κ1) is 19.0. The summed E-state index contributed by atoms with van der Waals surface area (Å²) in [6.07, 6.45) is 4.16. The highest BCUT2D eigenvalue weighted by Gasteiger charge is 2.36. The van der Waals surface area contributed by atoms with Crippen molar-refractivity contribution in [2.24, 2.45) is 0 Å². The van der Waals surface area contributed by atoms with Gasteiger partial charge in [0, 0.05) is 24.9 Å². The Labute approximate surface area is 150 Å². The van der Waals surface area contributed by atoms with Gasteiger partial charge in [0.2, 0.25) is 0 Å². The van der Waals surface area contributed by atoms with Crippen LogP contribution in [0, 0.1) is 0 Å². The fourth-order valence-corrected chi connectivity index (χ4v) is 3.27. The molecule has 0 aromatic heterocycles. The number of hydrogen-bond acceptors (Lipinski definition) is 4. The van der Waals surface area contributed by atoms with Gasteiger partial charge in [-0.25, -0.2) is 0 Å². The molecule has 2 rings (SSSR count). The van der Waals surface area contributed by atoms with Gasteiger partial charge in [-0.1, -0.05) is 37.6 Å². The van der Waals surface area contributed by atoms with Crippen molar-refractivity contribution in [2.45, 2.75) is 59.1 Å². The van der Waals surface area contributed by atoms with Gasteiger partial charge in [-0.05, 0) is 38.3 Å². The lowest BCUT2D eigenvalue weighted by atomic mass is 10.1. The lowest BCUT2D eigenvalue weighted by Crippen LogP contribution is -2.48. The summed E-state index contributed by atoms with van der Waals surface area (Å²) in [4.78, 5) is 25.9. The number of esters is 1. The summed E-state index contributed by atoms with van der Waals surface area (Å²) in [6.45, 7) is 7.79. The number of carbonyl (C=O) groups is 2. The molecule has 0 saturated carbocycles. The van der Waals surface area contributed by atoms with Gasteiger partial charge in [0.05, 0.1) is 6.04 Å². The molecule has 1 aromatic rings. The molecule has 1 aliphatic rings. The summed E-state index contributed by atoms with van der Waals surface area (Å²) in [6, 6.07) is 7.93. The summed E-state index contributed by atoms with van der Waals surface area (Å²) >= 11 is 0. The fourth-order valence-electron chi connectivity index (χ4n) is 3.27. The molecular formula is C20H28N2O3. The van der Waals surface area contributed by atoms with Gasteiger partial charge in [-0.2, -0.15) is 0 Å². The van der Waals surface area contributed by atoms with E-state index in [2.05, 4.69) is 24.4 Å². The van der Waals surface area contributed by atoms with Crippen molar-refractivity contribution in [3.05, 3.63) is 41.6 Å². The first-order chi connectivity index (χ1) is 12.0. The van der Waals surface area contributed by atoms with Crippen molar-refractivity contribution < 1.29 is 14.3 Å². The third kappa shape index (κ3) is 4.62. The number of carbonyl (C=O) groups excluding carboxylic acids is 2. The predicted molar refractivity (Wildman–Crippen MR) is 99.3 cm³/mol. The molecule has 5 nitrogen and oxygen atoms in total. The van der Waals surface area contributed by atoms with Gasteiger partial charge >= 0.3 is 5.97 Å². The molecule has 1 amide bonds. The minimum Gasteiger partial charge on any atom is -0.453 e. The number of para-hydroxylation sites is 1. The lowest BCUT2D eigenvalue weighted by Gasteiger charge is -2.28. The Bertz CT molecular complexity index is 654. The smallest absolute Gasteiger partial charge is 0.303 e. The monoisotopic (exact) mass is 344 g/mol. The zero-order valence-electron chi connectivity index (χ0n) is 15.5. The molecule has 25 heavy (non-hydrogen) atoms.